The lowest BCUT2D eigenvalue weighted by molar-refractivity contribution is -0.122. The van der Waals surface area contributed by atoms with Crippen molar-refractivity contribution in [2.45, 2.75) is 0 Å². The van der Waals surface area contributed by atoms with Crippen LogP contribution in [0.4, 0.5) is 0 Å². The Morgan fingerprint density at radius 2 is 2.20 bits per heavy atom. The van der Waals surface area contributed by atoms with Crippen LogP contribution in [0.1, 0.15) is 0 Å². The molecule has 3 nitrogen and oxygen atoms in total. The summed E-state index contributed by atoms with van der Waals surface area (Å²) >= 11 is -0.708. The van der Waals surface area contributed by atoms with Crippen LogP contribution in [0.3, 0.4) is 0 Å². The van der Waals surface area contributed by atoms with Crippen molar-refractivity contribution in [1.82, 2.24) is 0 Å². The average Bonchev–Trinajstić information content (AvgIpc) is 1.91. The lowest BCUT2D eigenvalue weighted by Gasteiger charge is -2.02. The molecule has 0 radical (unpaired) electrons. The molecule has 0 aromatic carbocycles. The SMILES string of the molecule is O=CO.[O-][S+]1C=CC=CC1. The molecule has 56 valence electrons. The van der Waals surface area contributed by atoms with Crippen LogP contribution in [0.2, 0.25) is 0 Å². The zero-order valence-electron chi connectivity index (χ0n) is 5.27. The molecular weight excluding hydrogens is 152 g/mol. The monoisotopic (exact) mass is 160 g/mol. The number of carboxylic acid groups (broad SMARTS) is 1. The largest absolute Gasteiger partial charge is 0.612 e. The second kappa shape index (κ2) is 6.38. The summed E-state index contributed by atoms with van der Waals surface area (Å²) in [5.41, 5.74) is 0. The van der Waals surface area contributed by atoms with Gasteiger partial charge in [0.1, 0.15) is 11.2 Å². The van der Waals surface area contributed by atoms with E-state index in [-0.39, 0.29) is 6.47 Å². The van der Waals surface area contributed by atoms with E-state index in [1.165, 1.54) is 0 Å². The molecule has 0 aromatic heterocycles. The Kier molecular flexibility index (Phi) is 5.91. The minimum atomic E-state index is -0.708. The van der Waals surface area contributed by atoms with Gasteiger partial charge < -0.3 is 9.66 Å². The van der Waals surface area contributed by atoms with Crippen molar-refractivity contribution < 1.29 is 14.5 Å². The molecule has 1 N–H and O–H groups in total. The van der Waals surface area contributed by atoms with Gasteiger partial charge in [0.2, 0.25) is 0 Å². The smallest absolute Gasteiger partial charge is 0.290 e. The zero-order chi connectivity index (χ0) is 7.82. The van der Waals surface area contributed by atoms with Gasteiger partial charge in [0.25, 0.3) is 6.47 Å². The van der Waals surface area contributed by atoms with Crippen LogP contribution in [-0.2, 0) is 16.0 Å². The quantitative estimate of drug-likeness (QED) is 0.415. The minimum absolute atomic E-state index is 0.250. The van der Waals surface area contributed by atoms with Gasteiger partial charge in [-0.05, 0) is 23.3 Å². The normalized spacial score (nSPS) is 21.1. The van der Waals surface area contributed by atoms with Crippen molar-refractivity contribution in [3.8, 4) is 0 Å². The molecule has 1 unspecified atom stereocenters. The Morgan fingerprint density at radius 3 is 2.40 bits per heavy atom. The molecule has 0 saturated carbocycles. The predicted octanol–water partition coefficient (Wildman–Crippen LogP) is 0.519. The predicted molar refractivity (Wildman–Crippen MR) is 40.0 cm³/mol. The van der Waals surface area contributed by atoms with E-state index < -0.39 is 11.2 Å². The summed E-state index contributed by atoms with van der Waals surface area (Å²) in [6.07, 6.45) is 5.61. The van der Waals surface area contributed by atoms with Gasteiger partial charge in [0.15, 0.2) is 0 Å². The van der Waals surface area contributed by atoms with E-state index in [1.54, 1.807) is 11.5 Å². The third-order valence-corrected chi connectivity index (χ3v) is 1.72. The van der Waals surface area contributed by atoms with E-state index in [0.717, 1.165) is 0 Å². The summed E-state index contributed by atoms with van der Waals surface area (Å²) in [6, 6.07) is 0. The highest BCUT2D eigenvalue weighted by molar-refractivity contribution is 7.94. The van der Waals surface area contributed by atoms with Gasteiger partial charge in [-0.1, -0.05) is 6.08 Å². The molecule has 0 spiro atoms. The van der Waals surface area contributed by atoms with Crippen molar-refractivity contribution in [3.05, 3.63) is 23.6 Å². The van der Waals surface area contributed by atoms with Crippen LogP contribution < -0.4 is 0 Å². The first-order valence-electron chi connectivity index (χ1n) is 2.59. The zero-order valence-corrected chi connectivity index (χ0v) is 6.08. The van der Waals surface area contributed by atoms with Gasteiger partial charge in [-0.25, -0.2) is 0 Å². The van der Waals surface area contributed by atoms with Gasteiger partial charge in [-0.2, -0.15) is 0 Å². The van der Waals surface area contributed by atoms with E-state index in [1.807, 2.05) is 12.2 Å². The highest BCUT2D eigenvalue weighted by Gasteiger charge is 1.97. The first-order valence-corrected chi connectivity index (χ1v) is 3.98. The van der Waals surface area contributed by atoms with Crippen LogP contribution in [0.5, 0.6) is 0 Å². The van der Waals surface area contributed by atoms with Crippen molar-refractivity contribution in [1.29, 1.82) is 0 Å². The van der Waals surface area contributed by atoms with E-state index in [4.69, 9.17) is 9.90 Å². The lowest BCUT2D eigenvalue weighted by atomic mass is 10.5. The fraction of sp³-hybridized carbons (Fsp3) is 0.167. The first kappa shape index (κ1) is 9.26. The van der Waals surface area contributed by atoms with Crippen LogP contribution in [-0.4, -0.2) is 21.9 Å². The summed E-state index contributed by atoms with van der Waals surface area (Å²) < 4.78 is 10.4. The Hall–Kier alpha value is -0.740. The second-order valence-corrected chi connectivity index (χ2v) is 2.78. The highest BCUT2D eigenvalue weighted by Crippen LogP contribution is 1.98. The van der Waals surface area contributed by atoms with Gasteiger partial charge >= 0.3 is 0 Å². The van der Waals surface area contributed by atoms with Crippen molar-refractivity contribution in [2.75, 3.05) is 5.75 Å². The maximum absolute atomic E-state index is 10.4. The molecule has 1 rings (SSSR count). The standard InChI is InChI=1S/C5H6OS.CH2O2/c6-7-4-2-1-3-5-7;2-1-3/h1-4H,5H2;1H,(H,2,3). The molecular formula is C6H8O3S. The van der Waals surface area contributed by atoms with E-state index in [0.29, 0.717) is 5.75 Å². The third kappa shape index (κ3) is 5.40. The Morgan fingerprint density at radius 1 is 1.60 bits per heavy atom. The van der Waals surface area contributed by atoms with Crippen LogP contribution in [0.15, 0.2) is 23.6 Å². The van der Waals surface area contributed by atoms with Gasteiger partial charge in [0, 0.05) is 0 Å². The van der Waals surface area contributed by atoms with E-state index in [2.05, 4.69) is 0 Å². The highest BCUT2D eigenvalue weighted by atomic mass is 32.2. The molecule has 0 saturated heterocycles. The Balaban J connectivity index is 0.000000236. The van der Waals surface area contributed by atoms with Crippen molar-refractivity contribution >= 4 is 17.6 Å². The molecule has 0 amide bonds. The number of hydrogen-bond acceptors (Lipinski definition) is 2. The topological polar surface area (TPSA) is 60.4 Å². The van der Waals surface area contributed by atoms with Crippen molar-refractivity contribution in [3.63, 3.8) is 0 Å². The Bertz CT molecular complexity index is 142. The molecule has 10 heavy (non-hydrogen) atoms. The molecule has 0 bridgehead atoms. The summed E-state index contributed by atoms with van der Waals surface area (Å²) in [5, 5.41) is 8.58. The molecule has 0 aliphatic carbocycles. The summed E-state index contributed by atoms with van der Waals surface area (Å²) in [4.78, 5) is 8.36. The maximum Gasteiger partial charge on any atom is 0.290 e. The number of carbonyl (C=O) groups is 1. The molecule has 1 aliphatic heterocycles. The third-order valence-electron chi connectivity index (χ3n) is 0.738. The van der Waals surface area contributed by atoms with Crippen LogP contribution in [0.25, 0.3) is 0 Å². The van der Waals surface area contributed by atoms with Crippen LogP contribution in [0, 0.1) is 0 Å². The molecule has 1 heterocycles. The van der Waals surface area contributed by atoms with Gasteiger partial charge in [-0.3, -0.25) is 4.79 Å². The summed E-state index contributed by atoms with van der Waals surface area (Å²) in [6.45, 7) is -0.250. The van der Waals surface area contributed by atoms with E-state index >= 15 is 0 Å². The molecule has 4 heteroatoms. The van der Waals surface area contributed by atoms with Crippen LogP contribution >= 0.6 is 0 Å². The lowest BCUT2D eigenvalue weighted by Crippen LogP contribution is -2.00. The number of hydrogen-bond donors (Lipinski definition) is 1. The number of allylic oxidation sites excluding steroid dienone is 2. The minimum Gasteiger partial charge on any atom is -0.612 e. The molecule has 0 fully saturated rings. The molecule has 1 atom stereocenters. The van der Waals surface area contributed by atoms with E-state index in [9.17, 15) is 4.55 Å². The fourth-order valence-corrected chi connectivity index (χ4v) is 1.10. The average molecular weight is 160 g/mol. The summed E-state index contributed by atoms with van der Waals surface area (Å²) in [5.74, 6) is 0.691. The van der Waals surface area contributed by atoms with Gasteiger partial charge in [0.05, 0.1) is 0 Å². The maximum atomic E-state index is 10.4. The number of rotatable bonds is 0. The first-order chi connectivity index (χ1) is 4.81. The van der Waals surface area contributed by atoms with Gasteiger partial charge in [-0.15, -0.1) is 0 Å². The van der Waals surface area contributed by atoms with Crippen molar-refractivity contribution in [2.24, 2.45) is 0 Å². The summed E-state index contributed by atoms with van der Waals surface area (Å²) in [7, 11) is 0. The molecule has 0 aromatic rings. The Labute approximate surface area is 62.2 Å². The fourth-order valence-electron chi connectivity index (χ4n) is 0.418. The second-order valence-electron chi connectivity index (χ2n) is 1.41. The molecule has 1 aliphatic rings.